The lowest BCUT2D eigenvalue weighted by Crippen LogP contribution is -2.28. The lowest BCUT2D eigenvalue weighted by atomic mass is 9.97. The summed E-state index contributed by atoms with van der Waals surface area (Å²) in [5.41, 5.74) is 3.22. The van der Waals surface area contributed by atoms with Crippen molar-refractivity contribution in [2.24, 2.45) is 0 Å². The number of rotatable bonds is 5. The van der Waals surface area contributed by atoms with Crippen LogP contribution in [0, 0.1) is 0 Å². The van der Waals surface area contributed by atoms with Crippen LogP contribution in [-0.2, 0) is 0 Å². The van der Waals surface area contributed by atoms with Crippen LogP contribution in [0.2, 0.25) is 0 Å². The van der Waals surface area contributed by atoms with Crippen molar-refractivity contribution in [3.05, 3.63) is 65.2 Å². The molecule has 25 heavy (non-hydrogen) atoms. The van der Waals surface area contributed by atoms with Crippen LogP contribution in [0.1, 0.15) is 56.5 Å². The second-order valence-electron chi connectivity index (χ2n) is 7.19. The van der Waals surface area contributed by atoms with Gasteiger partial charge in [0.15, 0.2) is 0 Å². The smallest absolute Gasteiger partial charge is 0.131 e. The van der Waals surface area contributed by atoms with Crippen molar-refractivity contribution in [3.8, 4) is 11.5 Å². The number of hydrogen-bond donors (Lipinski definition) is 1. The van der Waals surface area contributed by atoms with E-state index in [1.807, 2.05) is 12.1 Å². The van der Waals surface area contributed by atoms with Crippen molar-refractivity contribution < 1.29 is 9.47 Å². The van der Waals surface area contributed by atoms with Gasteiger partial charge < -0.3 is 14.8 Å². The van der Waals surface area contributed by atoms with E-state index in [1.165, 1.54) is 5.56 Å². The monoisotopic (exact) mass is 337 g/mol. The predicted octanol–water partition coefficient (Wildman–Crippen LogP) is 5.29. The molecule has 0 aliphatic carbocycles. The highest BCUT2D eigenvalue weighted by Gasteiger charge is 2.24. The molecule has 0 fully saturated rings. The van der Waals surface area contributed by atoms with Crippen LogP contribution in [0.3, 0.4) is 0 Å². The Hall–Kier alpha value is -2.26. The van der Waals surface area contributed by atoms with Crippen LogP contribution >= 0.6 is 0 Å². The third-order valence-corrected chi connectivity index (χ3v) is 4.67. The molecule has 3 nitrogen and oxygen atoms in total. The Bertz CT molecular complexity index is 765. The molecule has 3 heteroatoms. The lowest BCUT2D eigenvalue weighted by Gasteiger charge is -2.30. The number of fused-ring (bicyclic) bond motifs is 1. The van der Waals surface area contributed by atoms with Crippen molar-refractivity contribution in [2.45, 2.75) is 45.4 Å². The normalized spacial score (nSPS) is 17.3. The first kappa shape index (κ1) is 17.6. The minimum Gasteiger partial charge on any atom is -0.496 e. The largest absolute Gasteiger partial charge is 0.496 e. The Morgan fingerprint density at radius 2 is 1.76 bits per heavy atom. The van der Waals surface area contributed by atoms with Crippen molar-refractivity contribution in [2.75, 3.05) is 7.11 Å². The Morgan fingerprint density at radius 3 is 2.44 bits per heavy atom. The molecule has 2 atom stereocenters. The second kappa shape index (κ2) is 6.93. The minimum absolute atomic E-state index is 0.152. The van der Waals surface area contributed by atoms with Crippen LogP contribution in [0.5, 0.6) is 11.5 Å². The Morgan fingerprint density at radius 1 is 1.04 bits per heavy atom. The van der Waals surface area contributed by atoms with E-state index in [4.69, 9.17) is 9.47 Å². The summed E-state index contributed by atoms with van der Waals surface area (Å²) in [6, 6.07) is 15.0. The molecule has 1 heterocycles. The van der Waals surface area contributed by atoms with Gasteiger partial charge in [0.25, 0.3) is 0 Å². The highest BCUT2D eigenvalue weighted by atomic mass is 16.5. The van der Waals surface area contributed by atoms with Crippen LogP contribution in [0.15, 0.2) is 48.5 Å². The zero-order valence-electron chi connectivity index (χ0n) is 15.7. The molecule has 2 aromatic rings. The van der Waals surface area contributed by atoms with Gasteiger partial charge in [-0.25, -0.2) is 0 Å². The highest BCUT2D eigenvalue weighted by molar-refractivity contribution is 5.64. The summed E-state index contributed by atoms with van der Waals surface area (Å²) in [4.78, 5) is 0. The topological polar surface area (TPSA) is 30.5 Å². The molecule has 3 rings (SSSR count). The molecule has 0 spiro atoms. The average molecular weight is 337 g/mol. The molecule has 132 valence electrons. The Labute approximate surface area is 150 Å². The second-order valence-corrected chi connectivity index (χ2v) is 7.19. The quantitative estimate of drug-likeness (QED) is 0.804. The van der Waals surface area contributed by atoms with E-state index in [2.05, 4.69) is 75.5 Å². The van der Waals surface area contributed by atoms with Crippen molar-refractivity contribution in [3.63, 3.8) is 0 Å². The molecule has 1 aliphatic rings. The van der Waals surface area contributed by atoms with Crippen molar-refractivity contribution in [1.82, 2.24) is 5.32 Å². The maximum Gasteiger partial charge on any atom is 0.131 e. The van der Waals surface area contributed by atoms with Gasteiger partial charge >= 0.3 is 0 Å². The summed E-state index contributed by atoms with van der Waals surface area (Å²) in [6.07, 6.45) is 4.23. The van der Waals surface area contributed by atoms with Crippen molar-refractivity contribution in [1.29, 1.82) is 0 Å². The molecule has 0 bridgehead atoms. The summed E-state index contributed by atoms with van der Waals surface area (Å²) in [7, 11) is 1.71. The third kappa shape index (κ3) is 3.88. The zero-order valence-corrected chi connectivity index (χ0v) is 15.7. The van der Waals surface area contributed by atoms with Gasteiger partial charge in [-0.15, -0.1) is 0 Å². The first-order chi connectivity index (χ1) is 11.9. The molecular formula is C22H27NO2. The van der Waals surface area contributed by atoms with E-state index in [9.17, 15) is 0 Å². The first-order valence-corrected chi connectivity index (χ1v) is 8.81. The van der Waals surface area contributed by atoms with E-state index in [1.54, 1.807) is 7.11 Å². The summed E-state index contributed by atoms with van der Waals surface area (Å²) in [6.45, 7) is 8.46. The number of benzene rings is 2. The van der Waals surface area contributed by atoms with Crippen LogP contribution in [0.4, 0.5) is 0 Å². The van der Waals surface area contributed by atoms with E-state index >= 15 is 0 Å². The standard InChI is InChI=1S/C22H27NO2/c1-15(17-9-7-6-8-10-17)23-16(2)19-13-18-11-12-22(3,4)25-20(18)14-21(19)24-5/h6-16,23H,1-5H3/t15-,16?/m1/s1. The van der Waals surface area contributed by atoms with Gasteiger partial charge in [0.05, 0.1) is 7.11 Å². The van der Waals surface area contributed by atoms with Crippen LogP contribution < -0.4 is 14.8 Å². The number of nitrogens with one attached hydrogen (secondary N) is 1. The Kier molecular flexibility index (Phi) is 4.87. The summed E-state index contributed by atoms with van der Waals surface area (Å²) in [5.74, 6) is 1.72. The van der Waals surface area contributed by atoms with Gasteiger partial charge in [-0.1, -0.05) is 36.4 Å². The summed E-state index contributed by atoms with van der Waals surface area (Å²) in [5, 5.41) is 3.67. The number of hydrogen-bond acceptors (Lipinski definition) is 3. The van der Waals surface area contributed by atoms with E-state index in [0.29, 0.717) is 0 Å². The fourth-order valence-electron chi connectivity index (χ4n) is 3.24. The van der Waals surface area contributed by atoms with E-state index in [0.717, 1.165) is 22.6 Å². The Balaban J connectivity index is 1.86. The summed E-state index contributed by atoms with van der Waals surface area (Å²) >= 11 is 0. The summed E-state index contributed by atoms with van der Waals surface area (Å²) < 4.78 is 11.7. The maximum absolute atomic E-state index is 6.06. The van der Waals surface area contributed by atoms with Gasteiger partial charge in [-0.3, -0.25) is 0 Å². The minimum atomic E-state index is -0.286. The van der Waals surface area contributed by atoms with Gasteiger partial charge in [0.1, 0.15) is 17.1 Å². The first-order valence-electron chi connectivity index (χ1n) is 8.81. The molecule has 0 saturated carbocycles. The maximum atomic E-state index is 6.06. The van der Waals surface area contributed by atoms with Crippen LogP contribution in [0.25, 0.3) is 6.08 Å². The van der Waals surface area contributed by atoms with Gasteiger partial charge in [-0.2, -0.15) is 0 Å². The molecule has 2 aromatic carbocycles. The molecule has 1 aliphatic heterocycles. The third-order valence-electron chi connectivity index (χ3n) is 4.67. The van der Waals surface area contributed by atoms with E-state index in [-0.39, 0.29) is 17.7 Å². The molecule has 0 radical (unpaired) electrons. The van der Waals surface area contributed by atoms with Gasteiger partial charge in [-0.05, 0) is 45.4 Å². The van der Waals surface area contributed by atoms with Crippen LogP contribution in [-0.4, -0.2) is 12.7 Å². The van der Waals surface area contributed by atoms with Gasteiger partial charge in [0.2, 0.25) is 0 Å². The number of methoxy groups -OCH3 is 1. The fourth-order valence-corrected chi connectivity index (χ4v) is 3.24. The molecule has 1 N–H and O–H groups in total. The van der Waals surface area contributed by atoms with Gasteiger partial charge in [0, 0.05) is 29.3 Å². The average Bonchev–Trinajstić information content (AvgIpc) is 2.60. The molecule has 1 unspecified atom stereocenters. The molecule has 0 amide bonds. The predicted molar refractivity (Wildman–Crippen MR) is 103 cm³/mol. The fraction of sp³-hybridized carbons (Fsp3) is 0.364. The number of ether oxygens (including phenoxy) is 2. The molecular weight excluding hydrogens is 310 g/mol. The lowest BCUT2D eigenvalue weighted by molar-refractivity contribution is 0.158. The van der Waals surface area contributed by atoms with E-state index < -0.39 is 0 Å². The zero-order chi connectivity index (χ0) is 18.0. The molecule has 0 saturated heterocycles. The SMILES string of the molecule is COc1cc2c(cc1C(C)N[C@H](C)c1ccccc1)C=CC(C)(C)O2. The highest BCUT2D eigenvalue weighted by Crippen LogP contribution is 2.38. The van der Waals surface area contributed by atoms with Crippen molar-refractivity contribution >= 4 is 6.08 Å². The molecule has 0 aromatic heterocycles.